The van der Waals surface area contributed by atoms with E-state index in [4.69, 9.17) is 10.00 Å². The van der Waals surface area contributed by atoms with Crippen LogP contribution >= 0.6 is 0 Å². The second kappa shape index (κ2) is 4.58. The second-order valence-electron chi connectivity index (χ2n) is 3.27. The number of rotatable bonds is 3. The summed E-state index contributed by atoms with van der Waals surface area (Å²) in [6.07, 6.45) is 0.264. The summed E-state index contributed by atoms with van der Waals surface area (Å²) in [6.45, 7) is 2.45. The molecule has 4 nitrogen and oxygen atoms in total. The monoisotopic (exact) mass is 213 g/mol. The van der Waals surface area contributed by atoms with E-state index in [-0.39, 0.29) is 6.42 Å². The fourth-order valence-corrected chi connectivity index (χ4v) is 1.58. The SMILES string of the molecule is CCOc1nnc(CC#N)c2ccccc12. The summed E-state index contributed by atoms with van der Waals surface area (Å²) in [5.41, 5.74) is 0.696. The molecule has 1 aromatic carbocycles. The molecule has 0 spiro atoms. The number of ether oxygens (including phenoxy) is 1. The fourth-order valence-electron chi connectivity index (χ4n) is 1.58. The molecule has 0 bridgehead atoms. The van der Waals surface area contributed by atoms with E-state index in [0.717, 1.165) is 10.8 Å². The lowest BCUT2D eigenvalue weighted by Gasteiger charge is -2.07. The molecule has 0 unspecified atom stereocenters. The van der Waals surface area contributed by atoms with Gasteiger partial charge in [-0.2, -0.15) is 10.4 Å². The van der Waals surface area contributed by atoms with Crippen molar-refractivity contribution < 1.29 is 4.74 Å². The summed E-state index contributed by atoms with van der Waals surface area (Å²) in [5, 5.41) is 18.6. The Kier molecular flexibility index (Phi) is 2.97. The molecular weight excluding hydrogens is 202 g/mol. The zero-order valence-electron chi connectivity index (χ0n) is 8.97. The van der Waals surface area contributed by atoms with E-state index in [1.807, 2.05) is 31.2 Å². The molecule has 1 aromatic heterocycles. The molecule has 0 atom stereocenters. The van der Waals surface area contributed by atoms with Gasteiger partial charge in [0.15, 0.2) is 0 Å². The Hall–Kier alpha value is -2.15. The van der Waals surface area contributed by atoms with E-state index in [1.54, 1.807) is 0 Å². The second-order valence-corrected chi connectivity index (χ2v) is 3.27. The molecular formula is C12H11N3O. The lowest BCUT2D eigenvalue weighted by molar-refractivity contribution is 0.327. The third kappa shape index (κ3) is 1.80. The van der Waals surface area contributed by atoms with Gasteiger partial charge in [-0.3, -0.25) is 0 Å². The average Bonchev–Trinajstić information content (AvgIpc) is 2.33. The van der Waals surface area contributed by atoms with Crippen molar-refractivity contribution in [1.82, 2.24) is 10.2 Å². The molecule has 0 radical (unpaired) electrons. The van der Waals surface area contributed by atoms with Crippen molar-refractivity contribution in [3.05, 3.63) is 30.0 Å². The number of nitriles is 1. The van der Waals surface area contributed by atoms with Crippen LogP contribution in [0.5, 0.6) is 5.88 Å². The maximum Gasteiger partial charge on any atom is 0.241 e. The third-order valence-electron chi connectivity index (χ3n) is 2.26. The molecule has 1 heterocycles. The lowest BCUT2D eigenvalue weighted by atomic mass is 10.1. The minimum Gasteiger partial charge on any atom is -0.476 e. The van der Waals surface area contributed by atoms with Crippen molar-refractivity contribution in [1.29, 1.82) is 5.26 Å². The lowest BCUT2D eigenvalue weighted by Crippen LogP contribution is -2.00. The normalized spacial score (nSPS) is 10.0. The highest BCUT2D eigenvalue weighted by Gasteiger charge is 2.08. The van der Waals surface area contributed by atoms with Gasteiger partial charge in [-0.1, -0.05) is 18.2 Å². The van der Waals surface area contributed by atoms with Gasteiger partial charge in [-0.25, -0.2) is 0 Å². The summed E-state index contributed by atoms with van der Waals surface area (Å²) in [5.74, 6) is 0.528. The molecule has 0 amide bonds. The Morgan fingerprint density at radius 3 is 2.69 bits per heavy atom. The largest absolute Gasteiger partial charge is 0.476 e. The molecule has 0 aliphatic carbocycles. The highest BCUT2D eigenvalue weighted by Crippen LogP contribution is 2.24. The zero-order chi connectivity index (χ0) is 11.4. The number of nitrogens with zero attached hydrogens (tertiary/aromatic N) is 3. The first-order valence-electron chi connectivity index (χ1n) is 5.11. The average molecular weight is 213 g/mol. The smallest absolute Gasteiger partial charge is 0.241 e. The van der Waals surface area contributed by atoms with Crippen molar-refractivity contribution in [3.8, 4) is 11.9 Å². The molecule has 16 heavy (non-hydrogen) atoms. The van der Waals surface area contributed by atoms with Crippen molar-refractivity contribution >= 4 is 10.8 Å². The predicted molar refractivity (Wildman–Crippen MR) is 60.0 cm³/mol. The van der Waals surface area contributed by atoms with Crippen molar-refractivity contribution in [3.63, 3.8) is 0 Å². The molecule has 0 N–H and O–H groups in total. The van der Waals surface area contributed by atoms with Gasteiger partial charge in [-0.05, 0) is 13.0 Å². The summed E-state index contributed by atoms with van der Waals surface area (Å²) in [7, 11) is 0. The first kappa shape index (κ1) is 10.4. The van der Waals surface area contributed by atoms with Gasteiger partial charge in [0.1, 0.15) is 0 Å². The number of hydrogen-bond donors (Lipinski definition) is 0. The molecule has 4 heteroatoms. The van der Waals surface area contributed by atoms with Crippen LogP contribution < -0.4 is 4.74 Å². The predicted octanol–water partition coefficient (Wildman–Crippen LogP) is 2.09. The van der Waals surface area contributed by atoms with Crippen LogP contribution in [0.25, 0.3) is 10.8 Å². The standard InChI is InChI=1S/C12H11N3O/c1-2-16-12-10-6-4-3-5-9(10)11(7-8-13)14-15-12/h3-6H,2,7H2,1H3. The van der Waals surface area contributed by atoms with E-state index in [9.17, 15) is 0 Å². The Morgan fingerprint density at radius 2 is 2.00 bits per heavy atom. The van der Waals surface area contributed by atoms with Crippen LogP contribution in [-0.4, -0.2) is 16.8 Å². The van der Waals surface area contributed by atoms with Gasteiger partial charge >= 0.3 is 0 Å². The fraction of sp³-hybridized carbons (Fsp3) is 0.250. The van der Waals surface area contributed by atoms with Crippen LogP contribution in [0.3, 0.4) is 0 Å². The minimum atomic E-state index is 0.264. The maximum atomic E-state index is 8.70. The topological polar surface area (TPSA) is 58.8 Å². The van der Waals surface area contributed by atoms with Crippen LogP contribution in [0.2, 0.25) is 0 Å². The first-order chi connectivity index (χ1) is 7.86. The van der Waals surface area contributed by atoms with Crippen LogP contribution in [0.15, 0.2) is 24.3 Å². The number of fused-ring (bicyclic) bond motifs is 1. The van der Waals surface area contributed by atoms with Crippen molar-refractivity contribution in [2.75, 3.05) is 6.61 Å². The van der Waals surface area contributed by atoms with Gasteiger partial charge in [0.25, 0.3) is 0 Å². The third-order valence-corrected chi connectivity index (χ3v) is 2.26. The molecule has 0 fully saturated rings. The first-order valence-corrected chi connectivity index (χ1v) is 5.11. The Morgan fingerprint density at radius 1 is 1.25 bits per heavy atom. The quantitative estimate of drug-likeness (QED) is 0.783. The summed E-state index contributed by atoms with van der Waals surface area (Å²) in [6, 6.07) is 9.78. The highest BCUT2D eigenvalue weighted by atomic mass is 16.5. The number of aromatic nitrogens is 2. The van der Waals surface area contributed by atoms with E-state index < -0.39 is 0 Å². The summed E-state index contributed by atoms with van der Waals surface area (Å²) in [4.78, 5) is 0. The van der Waals surface area contributed by atoms with Crippen LogP contribution in [0.4, 0.5) is 0 Å². The summed E-state index contributed by atoms with van der Waals surface area (Å²) < 4.78 is 5.40. The van der Waals surface area contributed by atoms with Crippen LogP contribution in [0.1, 0.15) is 12.6 Å². The summed E-state index contributed by atoms with van der Waals surface area (Å²) >= 11 is 0. The van der Waals surface area contributed by atoms with E-state index in [0.29, 0.717) is 18.2 Å². The molecule has 0 aliphatic heterocycles. The maximum absolute atomic E-state index is 8.70. The van der Waals surface area contributed by atoms with Gasteiger partial charge < -0.3 is 4.74 Å². The van der Waals surface area contributed by atoms with Gasteiger partial charge in [0.2, 0.25) is 5.88 Å². The minimum absolute atomic E-state index is 0.264. The Bertz CT molecular complexity index is 545. The van der Waals surface area contributed by atoms with Gasteiger partial charge in [-0.15, -0.1) is 5.10 Å². The number of benzene rings is 1. The number of hydrogen-bond acceptors (Lipinski definition) is 4. The molecule has 80 valence electrons. The van der Waals surface area contributed by atoms with Gasteiger partial charge in [0.05, 0.1) is 24.8 Å². The van der Waals surface area contributed by atoms with Gasteiger partial charge in [0, 0.05) is 10.8 Å². The molecule has 0 saturated carbocycles. The van der Waals surface area contributed by atoms with E-state index in [1.165, 1.54) is 0 Å². The zero-order valence-corrected chi connectivity index (χ0v) is 8.97. The van der Waals surface area contributed by atoms with Crippen molar-refractivity contribution in [2.24, 2.45) is 0 Å². The van der Waals surface area contributed by atoms with Crippen LogP contribution in [-0.2, 0) is 6.42 Å². The molecule has 0 aliphatic rings. The van der Waals surface area contributed by atoms with Crippen LogP contribution in [0, 0.1) is 11.3 Å². The Labute approximate surface area is 93.5 Å². The van der Waals surface area contributed by atoms with E-state index in [2.05, 4.69) is 16.3 Å². The highest BCUT2D eigenvalue weighted by molar-refractivity contribution is 5.88. The van der Waals surface area contributed by atoms with Crippen molar-refractivity contribution in [2.45, 2.75) is 13.3 Å². The molecule has 0 saturated heterocycles. The Balaban J connectivity index is 2.63. The van der Waals surface area contributed by atoms with E-state index >= 15 is 0 Å². The molecule has 2 rings (SSSR count). The molecule has 2 aromatic rings.